The summed E-state index contributed by atoms with van der Waals surface area (Å²) in [4.78, 5) is 18.7. The van der Waals surface area contributed by atoms with E-state index in [4.69, 9.17) is 11.3 Å². The molecule has 2 aliphatic rings. The highest BCUT2D eigenvalue weighted by Crippen LogP contribution is 2.41. The van der Waals surface area contributed by atoms with Gasteiger partial charge in [-0.1, -0.05) is 18.2 Å². The third-order valence-electron chi connectivity index (χ3n) is 4.85. The quantitative estimate of drug-likeness (QED) is 0.811. The van der Waals surface area contributed by atoms with Crippen molar-refractivity contribution in [2.45, 2.75) is 57.5 Å². The van der Waals surface area contributed by atoms with Gasteiger partial charge in [-0.3, -0.25) is 9.64 Å². The van der Waals surface area contributed by atoms with E-state index in [2.05, 4.69) is 10.2 Å². The van der Waals surface area contributed by atoms with Gasteiger partial charge in [-0.25, -0.2) is 11.5 Å². The predicted octanol–water partition coefficient (Wildman–Crippen LogP) is 2.53. The largest absolute Gasteiger partial charge is 0.475 e. The first-order valence-electron chi connectivity index (χ1n) is 8.02. The van der Waals surface area contributed by atoms with Crippen LogP contribution in [-0.2, 0) is 10.3 Å². The van der Waals surface area contributed by atoms with Crippen molar-refractivity contribution in [1.82, 2.24) is 10.2 Å². The molecule has 1 aromatic rings. The van der Waals surface area contributed by atoms with Crippen LogP contribution in [0.2, 0.25) is 0 Å². The molecule has 5 nitrogen and oxygen atoms in total. The van der Waals surface area contributed by atoms with Crippen molar-refractivity contribution in [3.8, 4) is 5.75 Å². The zero-order chi connectivity index (χ0) is 16.8. The van der Waals surface area contributed by atoms with Crippen molar-refractivity contribution in [1.29, 1.82) is 0 Å². The van der Waals surface area contributed by atoms with E-state index in [1.165, 1.54) is 0 Å². The summed E-state index contributed by atoms with van der Waals surface area (Å²) in [5.41, 5.74) is -0.535. The molecule has 1 N–H and O–H groups in total. The van der Waals surface area contributed by atoms with Crippen molar-refractivity contribution in [3.63, 3.8) is 0 Å². The van der Waals surface area contributed by atoms with Crippen LogP contribution in [0.15, 0.2) is 24.3 Å². The van der Waals surface area contributed by atoms with Crippen LogP contribution in [0.25, 0.3) is 4.85 Å². The molecule has 1 saturated heterocycles. The maximum atomic E-state index is 13.0. The highest BCUT2D eigenvalue weighted by Gasteiger charge is 2.57. The number of hydrogen-bond donors (Lipinski definition) is 1. The number of carbonyl (C=O) groups is 1. The molecule has 0 aromatic heterocycles. The third kappa shape index (κ3) is 2.47. The summed E-state index contributed by atoms with van der Waals surface area (Å²) < 4.78 is 6.27. The highest BCUT2D eigenvalue weighted by molar-refractivity contribution is 5.88. The van der Waals surface area contributed by atoms with Gasteiger partial charge < -0.3 is 10.1 Å². The second-order valence-corrected chi connectivity index (χ2v) is 7.25. The Morgan fingerprint density at radius 1 is 1.39 bits per heavy atom. The number of para-hydroxylation sites is 1. The molecule has 1 amide bonds. The first kappa shape index (κ1) is 15.8. The van der Waals surface area contributed by atoms with E-state index in [0.29, 0.717) is 13.0 Å². The van der Waals surface area contributed by atoms with Crippen LogP contribution in [-0.4, -0.2) is 35.2 Å². The van der Waals surface area contributed by atoms with Crippen LogP contribution in [0.5, 0.6) is 5.75 Å². The Labute approximate surface area is 137 Å². The highest BCUT2D eigenvalue weighted by atomic mass is 16.5. The van der Waals surface area contributed by atoms with Crippen molar-refractivity contribution < 1.29 is 9.53 Å². The molecule has 0 aliphatic carbocycles. The first-order valence-corrected chi connectivity index (χ1v) is 8.02. The molecule has 2 atom stereocenters. The molecular formula is C18H23N3O2. The fraction of sp³-hybridized carbons (Fsp3) is 0.556. The number of amides is 1. The van der Waals surface area contributed by atoms with Crippen LogP contribution >= 0.6 is 0 Å². The second-order valence-electron chi connectivity index (χ2n) is 7.25. The van der Waals surface area contributed by atoms with Crippen molar-refractivity contribution in [2.75, 3.05) is 6.54 Å². The van der Waals surface area contributed by atoms with E-state index in [1.807, 2.05) is 56.9 Å². The van der Waals surface area contributed by atoms with Gasteiger partial charge in [-0.05, 0) is 33.8 Å². The number of carbonyl (C=O) groups excluding carboxylic acids is 1. The Bertz CT molecular complexity index is 677. The van der Waals surface area contributed by atoms with E-state index >= 15 is 0 Å². The van der Waals surface area contributed by atoms with Crippen molar-refractivity contribution >= 4 is 5.91 Å². The van der Waals surface area contributed by atoms with E-state index in [0.717, 1.165) is 11.3 Å². The Balaban J connectivity index is 2.05. The number of rotatable bonds is 1. The average Bonchev–Trinajstić information content (AvgIpc) is 2.84. The molecule has 5 heteroatoms. The van der Waals surface area contributed by atoms with Gasteiger partial charge in [-0.15, -0.1) is 0 Å². The van der Waals surface area contributed by atoms with Crippen LogP contribution in [0.4, 0.5) is 0 Å². The van der Waals surface area contributed by atoms with Gasteiger partial charge in [0, 0.05) is 11.6 Å². The lowest BCUT2D eigenvalue weighted by Crippen LogP contribution is -2.55. The number of likely N-dealkylation sites (tertiary alicyclic amines) is 1. The zero-order valence-corrected chi connectivity index (χ0v) is 14.1. The number of fused-ring (bicyclic) bond motifs is 1. The Kier molecular flexibility index (Phi) is 3.61. The van der Waals surface area contributed by atoms with Gasteiger partial charge in [0.25, 0.3) is 12.1 Å². The smallest absolute Gasteiger partial charge is 0.284 e. The maximum Gasteiger partial charge on any atom is 0.284 e. The van der Waals surface area contributed by atoms with Crippen LogP contribution in [0.3, 0.4) is 0 Å². The molecule has 1 spiro atoms. The van der Waals surface area contributed by atoms with E-state index in [1.54, 1.807) is 0 Å². The minimum absolute atomic E-state index is 0.129. The molecule has 122 valence electrons. The minimum atomic E-state index is -0.997. The SMILES string of the molecule is [C-]#[N+][C@@H]1C[C@]2(CN1C(C)C)Oc1ccccc1C(C)(C)NC2=O. The van der Waals surface area contributed by atoms with Gasteiger partial charge in [0.05, 0.1) is 18.5 Å². The minimum Gasteiger partial charge on any atom is -0.475 e. The summed E-state index contributed by atoms with van der Waals surface area (Å²) in [6, 6.07) is 7.95. The van der Waals surface area contributed by atoms with Gasteiger partial charge in [-0.2, -0.15) is 0 Å². The maximum absolute atomic E-state index is 13.0. The molecule has 3 rings (SSSR count). The van der Waals surface area contributed by atoms with Crippen LogP contribution in [0, 0.1) is 6.57 Å². The lowest BCUT2D eigenvalue weighted by molar-refractivity contribution is -0.136. The number of benzene rings is 1. The van der Waals surface area contributed by atoms with Gasteiger partial charge >= 0.3 is 0 Å². The van der Waals surface area contributed by atoms with Crippen LogP contribution in [0.1, 0.15) is 39.7 Å². The lowest BCUT2D eigenvalue weighted by atomic mass is 9.93. The Morgan fingerprint density at radius 2 is 2.09 bits per heavy atom. The number of nitrogens with zero attached hydrogens (tertiary/aromatic N) is 2. The Morgan fingerprint density at radius 3 is 2.70 bits per heavy atom. The summed E-state index contributed by atoms with van der Waals surface area (Å²) in [5, 5.41) is 3.12. The van der Waals surface area contributed by atoms with Crippen molar-refractivity contribution in [3.05, 3.63) is 41.2 Å². The molecule has 1 fully saturated rings. The Hall–Kier alpha value is -2.06. The molecule has 0 unspecified atom stereocenters. The average molecular weight is 313 g/mol. The molecule has 0 bridgehead atoms. The fourth-order valence-electron chi connectivity index (χ4n) is 3.56. The first-order chi connectivity index (χ1) is 10.8. The molecule has 2 aliphatic heterocycles. The summed E-state index contributed by atoms with van der Waals surface area (Å²) in [7, 11) is 0. The topological polar surface area (TPSA) is 45.9 Å². The van der Waals surface area contributed by atoms with E-state index in [9.17, 15) is 4.79 Å². The monoisotopic (exact) mass is 313 g/mol. The number of ether oxygens (including phenoxy) is 1. The molecule has 1 aromatic carbocycles. The fourth-order valence-corrected chi connectivity index (χ4v) is 3.56. The standard InChI is InChI=1S/C18H23N3O2/c1-12(2)21-11-18(10-15(21)19-5)16(22)20-17(3,4)13-8-6-7-9-14(13)23-18/h6-9,12,15H,10-11H2,1-4H3,(H,20,22)/t15-,18+/m0/s1. The summed E-state index contributed by atoms with van der Waals surface area (Å²) in [6.07, 6.45) is 0.0689. The van der Waals surface area contributed by atoms with E-state index in [-0.39, 0.29) is 18.1 Å². The lowest BCUT2D eigenvalue weighted by Gasteiger charge is -2.28. The second kappa shape index (κ2) is 5.24. The van der Waals surface area contributed by atoms with Gasteiger partial charge in [0.2, 0.25) is 5.60 Å². The van der Waals surface area contributed by atoms with Crippen molar-refractivity contribution in [2.24, 2.45) is 0 Å². The predicted molar refractivity (Wildman–Crippen MR) is 87.8 cm³/mol. The molecule has 23 heavy (non-hydrogen) atoms. The zero-order valence-electron chi connectivity index (χ0n) is 14.1. The van der Waals surface area contributed by atoms with E-state index < -0.39 is 11.1 Å². The van der Waals surface area contributed by atoms with Gasteiger partial charge in [0.1, 0.15) is 5.75 Å². The summed E-state index contributed by atoms with van der Waals surface area (Å²) in [6.45, 7) is 16.0. The molecule has 2 heterocycles. The molecule has 0 radical (unpaired) electrons. The third-order valence-corrected chi connectivity index (χ3v) is 4.85. The normalized spacial score (nSPS) is 29.6. The summed E-state index contributed by atoms with van der Waals surface area (Å²) >= 11 is 0. The van der Waals surface area contributed by atoms with Gasteiger partial charge in [0.15, 0.2) is 0 Å². The molecule has 0 saturated carbocycles. The van der Waals surface area contributed by atoms with Crippen LogP contribution < -0.4 is 10.1 Å². The summed E-state index contributed by atoms with van der Waals surface area (Å²) in [5.74, 6) is 0.598. The number of nitrogens with one attached hydrogen (secondary N) is 1. The number of hydrogen-bond acceptors (Lipinski definition) is 3. The molecular weight excluding hydrogens is 290 g/mol.